The molecule has 2 aliphatic carbocycles. The number of hydrogen-bond acceptors (Lipinski definition) is 1. The number of fused-ring (bicyclic) bond motifs is 2. The monoisotopic (exact) mass is 358 g/mol. The van der Waals surface area contributed by atoms with Gasteiger partial charge in [0.15, 0.2) is 0 Å². The summed E-state index contributed by atoms with van der Waals surface area (Å²) in [6, 6.07) is 17.5. The molecule has 0 radical (unpaired) electrons. The summed E-state index contributed by atoms with van der Waals surface area (Å²) in [5, 5.41) is 0. The Morgan fingerprint density at radius 3 is 1.78 bits per heavy atom. The van der Waals surface area contributed by atoms with Crippen LogP contribution >= 0.6 is 0 Å². The molecule has 1 nitrogen and oxygen atoms in total. The van der Waals surface area contributed by atoms with Crippen LogP contribution in [0, 0.1) is 0 Å². The molecule has 0 fully saturated rings. The van der Waals surface area contributed by atoms with E-state index in [2.05, 4.69) is 79.8 Å². The Balaban J connectivity index is 0.00000156. The van der Waals surface area contributed by atoms with Gasteiger partial charge in [-0.25, -0.2) is 0 Å². The van der Waals surface area contributed by atoms with E-state index in [0.29, 0.717) is 8.45 Å². The SMILES string of the molecule is CC[O][Ti+]([CH]1C=Cc2ccccc21)[CH]1C=Cc2ccccc21.[Cl-]. The zero-order chi connectivity index (χ0) is 14.9. The van der Waals surface area contributed by atoms with Crippen molar-refractivity contribution in [1.29, 1.82) is 0 Å². The fourth-order valence-electron chi connectivity index (χ4n) is 3.53. The van der Waals surface area contributed by atoms with E-state index in [4.69, 9.17) is 3.32 Å². The van der Waals surface area contributed by atoms with Crippen LogP contribution in [0.4, 0.5) is 0 Å². The molecular formula is C20H19ClOTi. The van der Waals surface area contributed by atoms with E-state index in [1.807, 2.05) is 0 Å². The van der Waals surface area contributed by atoms with Crippen molar-refractivity contribution < 1.29 is 34.0 Å². The molecule has 0 bridgehead atoms. The van der Waals surface area contributed by atoms with Crippen LogP contribution in [-0.2, 0) is 21.6 Å². The van der Waals surface area contributed by atoms with E-state index in [9.17, 15) is 0 Å². The van der Waals surface area contributed by atoms with Crippen molar-refractivity contribution in [3.8, 4) is 0 Å². The summed E-state index contributed by atoms with van der Waals surface area (Å²) < 4.78 is 7.38. The summed E-state index contributed by atoms with van der Waals surface area (Å²) in [5.41, 5.74) is 5.66. The van der Waals surface area contributed by atoms with Gasteiger partial charge >= 0.3 is 139 Å². The Morgan fingerprint density at radius 1 is 0.826 bits per heavy atom. The van der Waals surface area contributed by atoms with Crippen molar-refractivity contribution in [3.63, 3.8) is 0 Å². The number of halogens is 1. The van der Waals surface area contributed by atoms with Gasteiger partial charge in [-0.2, -0.15) is 0 Å². The maximum Gasteiger partial charge on any atom is -1.00 e. The molecule has 2 aromatic rings. The summed E-state index contributed by atoms with van der Waals surface area (Å²) >= 11 is -1.82. The van der Waals surface area contributed by atoms with E-state index >= 15 is 0 Å². The summed E-state index contributed by atoms with van der Waals surface area (Å²) in [6.45, 7) is 2.94. The van der Waals surface area contributed by atoms with E-state index < -0.39 is 18.3 Å². The summed E-state index contributed by atoms with van der Waals surface area (Å²) in [7, 11) is 0. The van der Waals surface area contributed by atoms with Gasteiger partial charge in [0.2, 0.25) is 0 Å². The smallest absolute Gasteiger partial charge is 1.00 e. The quantitative estimate of drug-likeness (QED) is 0.761. The fraction of sp³-hybridized carbons (Fsp3) is 0.200. The van der Waals surface area contributed by atoms with Gasteiger partial charge in [-0.05, 0) is 0 Å². The molecule has 0 heterocycles. The number of benzene rings is 2. The topological polar surface area (TPSA) is 9.23 Å². The van der Waals surface area contributed by atoms with Crippen LogP contribution in [0.25, 0.3) is 12.2 Å². The van der Waals surface area contributed by atoms with Crippen LogP contribution in [0.2, 0.25) is 0 Å². The van der Waals surface area contributed by atoms with Gasteiger partial charge < -0.3 is 12.4 Å². The van der Waals surface area contributed by atoms with E-state index in [1.165, 1.54) is 22.3 Å². The Labute approximate surface area is 150 Å². The second-order valence-corrected chi connectivity index (χ2v) is 9.42. The Morgan fingerprint density at radius 2 is 1.30 bits per heavy atom. The zero-order valence-corrected chi connectivity index (χ0v) is 15.4. The molecule has 0 aromatic heterocycles. The summed E-state index contributed by atoms with van der Waals surface area (Å²) in [6.07, 6.45) is 9.31. The van der Waals surface area contributed by atoms with Gasteiger partial charge in [-0.15, -0.1) is 0 Å². The molecule has 2 aliphatic rings. The van der Waals surface area contributed by atoms with Crippen molar-refractivity contribution in [2.45, 2.75) is 15.4 Å². The molecule has 3 heteroatoms. The normalized spacial score (nSPS) is 20.0. The van der Waals surface area contributed by atoms with E-state index in [-0.39, 0.29) is 12.4 Å². The molecule has 2 aromatic carbocycles. The first-order valence-corrected chi connectivity index (χ1v) is 10.4. The predicted octanol–water partition coefficient (Wildman–Crippen LogP) is 2.10. The third-order valence-corrected chi connectivity index (χ3v) is 8.98. The van der Waals surface area contributed by atoms with Crippen LogP contribution in [0.15, 0.2) is 60.7 Å². The maximum absolute atomic E-state index is 6.39. The molecular weight excluding hydrogens is 340 g/mol. The third kappa shape index (κ3) is 2.99. The van der Waals surface area contributed by atoms with Crippen molar-refractivity contribution >= 4 is 12.2 Å². The molecule has 0 spiro atoms. The van der Waals surface area contributed by atoms with Crippen LogP contribution in [-0.4, -0.2) is 6.61 Å². The molecule has 2 atom stereocenters. The van der Waals surface area contributed by atoms with Gasteiger partial charge in [-0.1, -0.05) is 0 Å². The largest absolute Gasteiger partial charge is 1.00 e. The second kappa shape index (κ2) is 7.19. The average molecular weight is 359 g/mol. The Kier molecular flexibility index (Phi) is 5.23. The van der Waals surface area contributed by atoms with Crippen LogP contribution in [0.5, 0.6) is 0 Å². The van der Waals surface area contributed by atoms with Gasteiger partial charge in [0.1, 0.15) is 0 Å². The molecule has 0 saturated heterocycles. The molecule has 0 aliphatic heterocycles. The first kappa shape index (κ1) is 16.7. The second-order valence-electron chi connectivity index (χ2n) is 5.77. The van der Waals surface area contributed by atoms with Gasteiger partial charge in [0.05, 0.1) is 0 Å². The minimum atomic E-state index is -1.82. The van der Waals surface area contributed by atoms with E-state index in [1.54, 1.807) is 0 Å². The predicted molar refractivity (Wildman–Crippen MR) is 88.1 cm³/mol. The van der Waals surface area contributed by atoms with Crippen LogP contribution in [0.3, 0.4) is 0 Å². The maximum atomic E-state index is 6.39. The van der Waals surface area contributed by atoms with Crippen molar-refractivity contribution in [3.05, 3.63) is 82.9 Å². The molecule has 0 N–H and O–H groups in total. The zero-order valence-electron chi connectivity index (χ0n) is 13.1. The average Bonchev–Trinajstić information content (AvgIpc) is 3.17. The third-order valence-electron chi connectivity index (χ3n) is 4.52. The molecule has 0 saturated carbocycles. The van der Waals surface area contributed by atoms with Crippen molar-refractivity contribution in [2.24, 2.45) is 0 Å². The molecule has 116 valence electrons. The first-order valence-electron chi connectivity index (χ1n) is 7.92. The van der Waals surface area contributed by atoms with Crippen molar-refractivity contribution in [1.82, 2.24) is 0 Å². The Hall–Kier alpha value is -1.12. The fourth-order valence-corrected chi connectivity index (χ4v) is 7.89. The number of allylic oxidation sites excluding steroid dienone is 2. The molecule has 4 rings (SSSR count). The van der Waals surface area contributed by atoms with E-state index in [0.717, 1.165) is 6.61 Å². The molecule has 2 unspecified atom stereocenters. The first-order chi connectivity index (χ1) is 10.9. The molecule has 23 heavy (non-hydrogen) atoms. The van der Waals surface area contributed by atoms with Crippen LogP contribution in [0.1, 0.15) is 37.6 Å². The summed E-state index contributed by atoms with van der Waals surface area (Å²) in [5.74, 6) is 0. The summed E-state index contributed by atoms with van der Waals surface area (Å²) in [4.78, 5) is 0. The van der Waals surface area contributed by atoms with Crippen LogP contribution < -0.4 is 12.4 Å². The molecule has 0 amide bonds. The van der Waals surface area contributed by atoms with Crippen molar-refractivity contribution in [2.75, 3.05) is 6.61 Å². The Bertz CT molecular complexity index is 691. The minimum absolute atomic E-state index is 0. The standard InChI is InChI=1S/2C9H7.C2H5O.ClH.Ti/c2*1-2-5-9-7-3-6-8(9)4-1;1-2-3;;/h2*1-7H;2H2,1H3;1H;/q;;-1;;+2/p-1. The minimum Gasteiger partial charge on any atom is -1.00 e. The van der Waals surface area contributed by atoms with Gasteiger partial charge in [0.25, 0.3) is 0 Å². The number of hydrogen-bond donors (Lipinski definition) is 0. The van der Waals surface area contributed by atoms with Gasteiger partial charge in [0, 0.05) is 0 Å². The number of rotatable bonds is 4. The van der Waals surface area contributed by atoms with Gasteiger partial charge in [-0.3, -0.25) is 0 Å².